The highest BCUT2D eigenvalue weighted by molar-refractivity contribution is 7.46. The van der Waals surface area contributed by atoms with Crippen molar-refractivity contribution in [2.45, 2.75) is 37.2 Å². The Kier molecular flexibility index (Phi) is 4.25. The molecule has 0 unspecified atom stereocenters. The molecule has 1 fully saturated rings. The first-order chi connectivity index (χ1) is 6.83. The van der Waals surface area contributed by atoms with Crippen LogP contribution in [0.5, 0.6) is 0 Å². The summed E-state index contributed by atoms with van der Waals surface area (Å²) >= 11 is 0. The van der Waals surface area contributed by atoms with Gasteiger partial charge in [-0.05, 0) is 13.5 Å². The Labute approximate surface area is 87.3 Å². The van der Waals surface area contributed by atoms with E-state index in [2.05, 4.69) is 9.84 Å². The largest absolute Gasteiger partial charge is 0.469 e. The average molecular weight is 241 g/mol. The van der Waals surface area contributed by atoms with Crippen LogP contribution in [0.25, 0.3) is 0 Å². The number of rotatable bonds is 3. The van der Waals surface area contributed by atoms with Crippen LogP contribution in [0.1, 0.15) is 12.8 Å². The lowest BCUT2D eigenvalue weighted by Crippen LogP contribution is -2.52. The van der Waals surface area contributed by atoms with Gasteiger partial charge in [0.05, 0.1) is 12.2 Å². The number of phosphoric ester groups is 1. The maximum Gasteiger partial charge on any atom is 0.469 e. The number of phosphoric acid groups is 1. The summed E-state index contributed by atoms with van der Waals surface area (Å²) in [7, 11) is -3.05. The van der Waals surface area contributed by atoms with Gasteiger partial charge < -0.3 is 25.3 Å². The average Bonchev–Trinajstić information content (AvgIpc) is 2.07. The standard InChI is InChI=1S/C7H16NO6P/c1-8-5-2-4(9)3-6(10)7(5)14-15(11,12)13/h4-10H,2-3H2,1H3,(H2,11,12,13)/t4-,5+,6+,7-/m0/s1. The Bertz CT molecular complexity index is 256. The van der Waals surface area contributed by atoms with Gasteiger partial charge in [0.1, 0.15) is 6.10 Å². The Hall–Kier alpha value is -0.0100. The molecule has 1 aliphatic rings. The minimum absolute atomic E-state index is 0.0584. The summed E-state index contributed by atoms with van der Waals surface area (Å²) in [6, 6.07) is -0.476. The lowest BCUT2D eigenvalue weighted by Gasteiger charge is -2.37. The van der Waals surface area contributed by atoms with Crippen LogP contribution in [-0.2, 0) is 9.09 Å². The van der Waals surface area contributed by atoms with Gasteiger partial charge in [0.15, 0.2) is 0 Å². The second kappa shape index (κ2) is 4.88. The molecule has 0 saturated heterocycles. The molecule has 90 valence electrons. The van der Waals surface area contributed by atoms with E-state index in [0.717, 1.165) is 0 Å². The molecule has 0 amide bonds. The maximum absolute atomic E-state index is 10.7. The molecular formula is C7H16NO6P. The minimum atomic E-state index is -4.62. The van der Waals surface area contributed by atoms with E-state index in [1.165, 1.54) is 0 Å². The van der Waals surface area contributed by atoms with Gasteiger partial charge in [-0.15, -0.1) is 0 Å². The van der Waals surface area contributed by atoms with Crippen LogP contribution < -0.4 is 5.32 Å². The van der Waals surface area contributed by atoms with E-state index in [4.69, 9.17) is 9.79 Å². The quantitative estimate of drug-likeness (QED) is 0.384. The van der Waals surface area contributed by atoms with Crippen molar-refractivity contribution in [2.75, 3.05) is 7.05 Å². The van der Waals surface area contributed by atoms with Crippen molar-refractivity contribution in [3.8, 4) is 0 Å². The molecule has 0 spiro atoms. The second-order valence-electron chi connectivity index (χ2n) is 3.65. The second-order valence-corrected chi connectivity index (χ2v) is 4.84. The Morgan fingerprint density at radius 2 is 1.93 bits per heavy atom. The fourth-order valence-electron chi connectivity index (χ4n) is 1.79. The predicted molar refractivity (Wildman–Crippen MR) is 51.0 cm³/mol. The topological polar surface area (TPSA) is 119 Å². The van der Waals surface area contributed by atoms with Crippen LogP contribution >= 0.6 is 7.82 Å². The van der Waals surface area contributed by atoms with Crippen LogP contribution in [0.4, 0.5) is 0 Å². The Morgan fingerprint density at radius 3 is 2.40 bits per heavy atom. The predicted octanol–water partition coefficient (Wildman–Crippen LogP) is -1.43. The normalized spacial score (nSPS) is 37.9. The summed E-state index contributed by atoms with van der Waals surface area (Å²) in [5, 5.41) is 21.6. The SMILES string of the molecule is CN[C@@H]1C[C@H](O)C[C@@H](O)[C@H]1OP(=O)(O)O. The number of aliphatic hydroxyl groups excluding tert-OH is 2. The third-order valence-corrected chi connectivity index (χ3v) is 2.96. The van der Waals surface area contributed by atoms with Gasteiger partial charge in [-0.2, -0.15) is 0 Å². The maximum atomic E-state index is 10.7. The van der Waals surface area contributed by atoms with Gasteiger partial charge in [-0.1, -0.05) is 0 Å². The molecule has 0 radical (unpaired) electrons. The molecule has 7 nitrogen and oxygen atoms in total. The van der Waals surface area contributed by atoms with Gasteiger partial charge in [0.25, 0.3) is 0 Å². The van der Waals surface area contributed by atoms with Crippen molar-refractivity contribution in [3.63, 3.8) is 0 Å². The van der Waals surface area contributed by atoms with Gasteiger partial charge in [0, 0.05) is 12.5 Å². The van der Waals surface area contributed by atoms with Crippen LogP contribution in [0.15, 0.2) is 0 Å². The fourth-order valence-corrected chi connectivity index (χ4v) is 2.39. The van der Waals surface area contributed by atoms with E-state index >= 15 is 0 Å². The van der Waals surface area contributed by atoms with Crippen LogP contribution in [0.3, 0.4) is 0 Å². The number of likely N-dealkylation sites (N-methyl/N-ethyl adjacent to an activating group) is 1. The van der Waals surface area contributed by atoms with Crippen molar-refractivity contribution in [3.05, 3.63) is 0 Å². The van der Waals surface area contributed by atoms with Crippen LogP contribution in [0, 0.1) is 0 Å². The fraction of sp³-hybridized carbons (Fsp3) is 1.00. The van der Waals surface area contributed by atoms with E-state index in [1.54, 1.807) is 7.05 Å². The third kappa shape index (κ3) is 3.81. The van der Waals surface area contributed by atoms with E-state index in [-0.39, 0.29) is 12.8 Å². The highest BCUT2D eigenvalue weighted by Crippen LogP contribution is 2.41. The molecule has 4 atom stereocenters. The monoisotopic (exact) mass is 241 g/mol. The molecule has 1 aliphatic carbocycles. The van der Waals surface area contributed by atoms with E-state index in [0.29, 0.717) is 0 Å². The Balaban J connectivity index is 2.70. The van der Waals surface area contributed by atoms with Crippen molar-refractivity contribution in [1.29, 1.82) is 0 Å². The number of hydrogen-bond acceptors (Lipinski definition) is 5. The first kappa shape index (κ1) is 13.1. The van der Waals surface area contributed by atoms with E-state index in [1.807, 2.05) is 0 Å². The molecule has 0 aromatic rings. The highest BCUT2D eigenvalue weighted by Gasteiger charge is 2.39. The molecule has 0 aromatic heterocycles. The number of nitrogens with one attached hydrogen (secondary N) is 1. The summed E-state index contributed by atoms with van der Waals surface area (Å²) in [5.41, 5.74) is 0. The molecule has 0 aliphatic heterocycles. The summed E-state index contributed by atoms with van der Waals surface area (Å²) in [4.78, 5) is 17.3. The molecule has 0 aromatic carbocycles. The summed E-state index contributed by atoms with van der Waals surface area (Å²) in [6.45, 7) is 0. The number of aliphatic hydroxyl groups is 2. The molecular weight excluding hydrogens is 225 g/mol. The summed E-state index contributed by atoms with van der Waals surface area (Å²) in [5.74, 6) is 0. The zero-order chi connectivity index (χ0) is 11.6. The molecule has 8 heteroatoms. The third-order valence-electron chi connectivity index (χ3n) is 2.45. The van der Waals surface area contributed by atoms with Crippen molar-refractivity contribution >= 4 is 7.82 Å². The molecule has 1 saturated carbocycles. The van der Waals surface area contributed by atoms with E-state index in [9.17, 15) is 14.8 Å². The van der Waals surface area contributed by atoms with Gasteiger partial charge in [-0.25, -0.2) is 4.57 Å². The zero-order valence-electron chi connectivity index (χ0n) is 8.28. The van der Waals surface area contributed by atoms with Crippen molar-refractivity contribution in [2.24, 2.45) is 0 Å². The van der Waals surface area contributed by atoms with Crippen LogP contribution in [0.2, 0.25) is 0 Å². The van der Waals surface area contributed by atoms with Crippen LogP contribution in [-0.4, -0.2) is 51.4 Å². The zero-order valence-corrected chi connectivity index (χ0v) is 9.17. The lowest BCUT2D eigenvalue weighted by molar-refractivity contribution is -0.0641. The smallest absolute Gasteiger partial charge is 0.393 e. The first-order valence-corrected chi connectivity index (χ1v) is 6.14. The summed E-state index contributed by atoms with van der Waals surface area (Å²) in [6.07, 6.45) is -2.42. The molecule has 5 N–H and O–H groups in total. The van der Waals surface area contributed by atoms with Gasteiger partial charge in [-0.3, -0.25) is 4.52 Å². The van der Waals surface area contributed by atoms with Gasteiger partial charge >= 0.3 is 7.82 Å². The Morgan fingerprint density at radius 1 is 1.33 bits per heavy atom. The highest BCUT2D eigenvalue weighted by atomic mass is 31.2. The first-order valence-electron chi connectivity index (χ1n) is 4.61. The van der Waals surface area contributed by atoms with Crippen molar-refractivity contribution < 1.29 is 29.1 Å². The van der Waals surface area contributed by atoms with Crippen molar-refractivity contribution in [1.82, 2.24) is 5.32 Å². The molecule has 0 heterocycles. The lowest BCUT2D eigenvalue weighted by atomic mass is 9.88. The molecule has 15 heavy (non-hydrogen) atoms. The van der Waals surface area contributed by atoms with E-state index < -0.39 is 32.2 Å². The summed E-state index contributed by atoms with van der Waals surface area (Å²) < 4.78 is 15.1. The molecule has 1 rings (SSSR count). The minimum Gasteiger partial charge on any atom is -0.393 e. The van der Waals surface area contributed by atoms with Gasteiger partial charge in [0.2, 0.25) is 0 Å². The number of hydrogen-bond donors (Lipinski definition) is 5. The molecule has 0 bridgehead atoms.